The number of aliphatic carboxylic acids is 1. The molecule has 1 atom stereocenters. The molecule has 2 N–H and O–H groups in total. The van der Waals surface area contributed by atoms with E-state index < -0.39 is 11.5 Å². The maximum atomic E-state index is 11.4. The van der Waals surface area contributed by atoms with E-state index in [-0.39, 0.29) is 0 Å². The molecule has 0 amide bonds. The van der Waals surface area contributed by atoms with Crippen LogP contribution in [-0.2, 0) is 17.6 Å². The van der Waals surface area contributed by atoms with Crippen molar-refractivity contribution in [2.45, 2.75) is 38.1 Å². The summed E-state index contributed by atoms with van der Waals surface area (Å²) in [5.41, 5.74) is 1.64. The fraction of sp³-hybridized carbons (Fsp3) is 0.500. The molecule has 1 aromatic carbocycles. The highest BCUT2D eigenvalue weighted by Crippen LogP contribution is 2.24. The Bertz CT molecular complexity index is 391. The van der Waals surface area contributed by atoms with Crippen molar-refractivity contribution in [2.24, 2.45) is 0 Å². The minimum atomic E-state index is -0.742. The number of hydrogen-bond acceptors (Lipinski definition) is 2. The molecule has 0 spiro atoms. The highest BCUT2D eigenvalue weighted by atomic mass is 16.4. The van der Waals surface area contributed by atoms with Crippen LogP contribution in [0.1, 0.15) is 30.9 Å². The molecule has 1 aliphatic heterocycles. The van der Waals surface area contributed by atoms with Crippen molar-refractivity contribution < 1.29 is 9.90 Å². The number of nitrogens with one attached hydrogen (secondary N) is 1. The number of benzene rings is 1. The zero-order valence-electron chi connectivity index (χ0n) is 10.2. The largest absolute Gasteiger partial charge is 0.480 e. The molecule has 3 heteroatoms. The molecule has 2 rings (SSSR count). The van der Waals surface area contributed by atoms with Crippen LogP contribution in [0.2, 0.25) is 0 Å². The van der Waals surface area contributed by atoms with E-state index in [0.717, 1.165) is 31.4 Å². The van der Waals surface area contributed by atoms with E-state index in [2.05, 4.69) is 24.4 Å². The lowest BCUT2D eigenvalue weighted by Crippen LogP contribution is -2.49. The third-order valence-corrected chi connectivity index (χ3v) is 3.59. The summed E-state index contributed by atoms with van der Waals surface area (Å²) >= 11 is 0. The zero-order chi connectivity index (χ0) is 12.3. The van der Waals surface area contributed by atoms with Gasteiger partial charge in [0.15, 0.2) is 0 Å². The maximum absolute atomic E-state index is 11.4. The Kier molecular flexibility index (Phi) is 3.48. The minimum Gasteiger partial charge on any atom is -0.480 e. The molecule has 17 heavy (non-hydrogen) atoms. The van der Waals surface area contributed by atoms with Crippen molar-refractivity contribution >= 4 is 5.97 Å². The SMILES string of the molecule is CCc1ccc(CC2(C(=O)O)CCCN2)cc1. The van der Waals surface area contributed by atoms with E-state index in [4.69, 9.17) is 0 Å². The number of carboxylic acid groups (broad SMARTS) is 1. The Balaban J connectivity index is 2.15. The molecule has 1 fully saturated rings. The van der Waals surface area contributed by atoms with E-state index in [1.54, 1.807) is 0 Å². The monoisotopic (exact) mass is 233 g/mol. The number of rotatable bonds is 4. The normalized spacial score (nSPS) is 23.8. The Morgan fingerprint density at radius 3 is 2.47 bits per heavy atom. The smallest absolute Gasteiger partial charge is 0.324 e. The Labute approximate surface area is 102 Å². The van der Waals surface area contributed by atoms with Gasteiger partial charge in [0.25, 0.3) is 0 Å². The molecule has 0 bridgehead atoms. The van der Waals surface area contributed by atoms with Crippen molar-refractivity contribution in [3.8, 4) is 0 Å². The van der Waals surface area contributed by atoms with Gasteiger partial charge >= 0.3 is 5.97 Å². The van der Waals surface area contributed by atoms with Crippen LogP contribution in [0.5, 0.6) is 0 Å². The molecule has 0 radical (unpaired) electrons. The summed E-state index contributed by atoms with van der Waals surface area (Å²) in [5.74, 6) is -0.727. The summed E-state index contributed by atoms with van der Waals surface area (Å²) < 4.78 is 0. The molecule has 1 unspecified atom stereocenters. The highest BCUT2D eigenvalue weighted by molar-refractivity contribution is 5.79. The van der Waals surface area contributed by atoms with Gasteiger partial charge in [0.05, 0.1) is 0 Å². The van der Waals surface area contributed by atoms with Crippen LogP contribution in [0, 0.1) is 0 Å². The first-order valence-electron chi connectivity index (χ1n) is 6.22. The predicted molar refractivity (Wildman–Crippen MR) is 67.1 cm³/mol. The molecule has 1 aromatic rings. The molecular formula is C14H19NO2. The van der Waals surface area contributed by atoms with Gasteiger partial charge in [-0.25, -0.2) is 0 Å². The van der Waals surface area contributed by atoms with Crippen LogP contribution in [0.3, 0.4) is 0 Å². The van der Waals surface area contributed by atoms with Crippen molar-refractivity contribution in [1.82, 2.24) is 5.32 Å². The second kappa shape index (κ2) is 4.88. The molecule has 0 aromatic heterocycles. The van der Waals surface area contributed by atoms with Crippen LogP contribution < -0.4 is 5.32 Å². The molecular weight excluding hydrogens is 214 g/mol. The lowest BCUT2D eigenvalue weighted by Gasteiger charge is -2.24. The van der Waals surface area contributed by atoms with Gasteiger partial charge in [0.2, 0.25) is 0 Å². The number of hydrogen-bond donors (Lipinski definition) is 2. The molecule has 1 aliphatic rings. The van der Waals surface area contributed by atoms with Crippen LogP contribution >= 0.6 is 0 Å². The van der Waals surface area contributed by atoms with Gasteiger partial charge in [-0.3, -0.25) is 4.79 Å². The van der Waals surface area contributed by atoms with Crippen molar-refractivity contribution in [3.05, 3.63) is 35.4 Å². The number of carboxylic acids is 1. The maximum Gasteiger partial charge on any atom is 0.324 e. The van der Waals surface area contributed by atoms with E-state index in [0.29, 0.717) is 6.42 Å². The standard InChI is InChI=1S/C14H19NO2/c1-2-11-4-6-12(7-5-11)10-14(13(16)17)8-3-9-15-14/h4-7,15H,2-3,8-10H2,1H3,(H,16,17). The molecule has 3 nitrogen and oxygen atoms in total. The van der Waals surface area contributed by atoms with Gasteiger partial charge < -0.3 is 10.4 Å². The first-order chi connectivity index (χ1) is 8.16. The summed E-state index contributed by atoms with van der Waals surface area (Å²) in [6.45, 7) is 2.92. The van der Waals surface area contributed by atoms with Gasteiger partial charge in [-0.2, -0.15) is 0 Å². The zero-order valence-corrected chi connectivity index (χ0v) is 10.2. The van der Waals surface area contributed by atoms with Crippen molar-refractivity contribution in [3.63, 3.8) is 0 Å². The van der Waals surface area contributed by atoms with Gasteiger partial charge in [-0.15, -0.1) is 0 Å². The molecule has 0 aliphatic carbocycles. The fourth-order valence-electron chi connectivity index (χ4n) is 2.46. The molecule has 1 heterocycles. The van der Waals surface area contributed by atoms with E-state index in [1.165, 1.54) is 5.56 Å². The van der Waals surface area contributed by atoms with Gasteiger partial charge in [0, 0.05) is 6.42 Å². The third kappa shape index (κ3) is 2.50. The predicted octanol–water partition coefficient (Wildman–Crippen LogP) is 2.00. The van der Waals surface area contributed by atoms with Gasteiger partial charge in [-0.05, 0) is 36.9 Å². The van der Waals surface area contributed by atoms with Crippen molar-refractivity contribution in [2.75, 3.05) is 6.54 Å². The summed E-state index contributed by atoms with van der Waals surface area (Å²) in [6, 6.07) is 8.26. The summed E-state index contributed by atoms with van der Waals surface area (Å²) in [4.78, 5) is 11.4. The Morgan fingerprint density at radius 1 is 1.35 bits per heavy atom. The van der Waals surface area contributed by atoms with E-state index >= 15 is 0 Å². The topological polar surface area (TPSA) is 49.3 Å². The summed E-state index contributed by atoms with van der Waals surface area (Å²) in [6.07, 6.45) is 3.26. The average Bonchev–Trinajstić information content (AvgIpc) is 2.80. The van der Waals surface area contributed by atoms with Crippen LogP contribution in [0.15, 0.2) is 24.3 Å². The number of carbonyl (C=O) groups is 1. The van der Waals surface area contributed by atoms with E-state index in [9.17, 15) is 9.90 Å². The lowest BCUT2D eigenvalue weighted by molar-refractivity contribution is -0.144. The number of aryl methyl sites for hydroxylation is 1. The summed E-state index contributed by atoms with van der Waals surface area (Å²) in [5, 5.41) is 12.5. The molecule has 92 valence electrons. The third-order valence-electron chi connectivity index (χ3n) is 3.59. The second-order valence-corrected chi connectivity index (χ2v) is 4.76. The van der Waals surface area contributed by atoms with Crippen LogP contribution in [0.25, 0.3) is 0 Å². The molecule has 1 saturated heterocycles. The van der Waals surface area contributed by atoms with Crippen molar-refractivity contribution in [1.29, 1.82) is 0 Å². The average molecular weight is 233 g/mol. The van der Waals surface area contributed by atoms with Crippen LogP contribution in [0.4, 0.5) is 0 Å². The second-order valence-electron chi connectivity index (χ2n) is 4.76. The summed E-state index contributed by atoms with van der Waals surface area (Å²) in [7, 11) is 0. The first kappa shape index (κ1) is 12.1. The van der Waals surface area contributed by atoms with Gasteiger partial charge in [0.1, 0.15) is 5.54 Å². The van der Waals surface area contributed by atoms with Crippen LogP contribution in [-0.4, -0.2) is 23.2 Å². The fourth-order valence-corrected chi connectivity index (χ4v) is 2.46. The van der Waals surface area contributed by atoms with Gasteiger partial charge in [-0.1, -0.05) is 31.2 Å². The quantitative estimate of drug-likeness (QED) is 0.836. The minimum absolute atomic E-state index is 0.576. The molecule has 0 saturated carbocycles. The lowest BCUT2D eigenvalue weighted by atomic mass is 9.89. The highest BCUT2D eigenvalue weighted by Gasteiger charge is 2.40. The first-order valence-corrected chi connectivity index (χ1v) is 6.22. The Hall–Kier alpha value is -1.35. The van der Waals surface area contributed by atoms with E-state index in [1.807, 2.05) is 12.1 Å². The Morgan fingerprint density at radius 2 is 2.00 bits per heavy atom.